The Hall–Kier alpha value is -1.47. The molecule has 1 aromatic rings. The van der Waals surface area contributed by atoms with Gasteiger partial charge in [0.05, 0.1) is 25.8 Å². The van der Waals surface area contributed by atoms with Crippen molar-refractivity contribution in [3.8, 4) is 0 Å². The van der Waals surface area contributed by atoms with Crippen LogP contribution in [0.15, 0.2) is 4.52 Å². The highest BCUT2D eigenvalue weighted by Gasteiger charge is 2.30. The molecule has 2 heterocycles. The van der Waals surface area contributed by atoms with E-state index in [1.165, 1.54) is 0 Å². The van der Waals surface area contributed by atoms with Crippen LogP contribution in [0.3, 0.4) is 0 Å². The molecule has 1 fully saturated rings. The first-order valence-electron chi connectivity index (χ1n) is 7.89. The summed E-state index contributed by atoms with van der Waals surface area (Å²) in [6.07, 6.45) is 0. The molecule has 2 rings (SSSR count). The number of nitrogens with zero attached hydrogens (tertiary/aromatic N) is 3. The quantitative estimate of drug-likeness (QED) is 0.854. The lowest BCUT2D eigenvalue weighted by Gasteiger charge is -2.33. The number of hydrogen-bond donors (Lipinski definition) is 1. The molecule has 7 nitrogen and oxygen atoms in total. The van der Waals surface area contributed by atoms with Gasteiger partial charge in [-0.05, 0) is 5.92 Å². The maximum absolute atomic E-state index is 12.0. The smallest absolute Gasteiger partial charge is 0.234 e. The second-order valence-electron chi connectivity index (χ2n) is 6.40. The Balaban J connectivity index is 1.99. The fourth-order valence-electron chi connectivity index (χ4n) is 2.24. The van der Waals surface area contributed by atoms with Gasteiger partial charge in [-0.2, -0.15) is 4.98 Å². The van der Waals surface area contributed by atoms with Crippen molar-refractivity contribution in [2.75, 3.05) is 32.8 Å². The van der Waals surface area contributed by atoms with Gasteiger partial charge in [0.25, 0.3) is 0 Å². The molecule has 1 aromatic heterocycles. The van der Waals surface area contributed by atoms with Crippen molar-refractivity contribution in [1.82, 2.24) is 20.4 Å². The van der Waals surface area contributed by atoms with Gasteiger partial charge in [-0.1, -0.05) is 32.9 Å². The number of rotatable bonds is 6. The van der Waals surface area contributed by atoms with E-state index in [-0.39, 0.29) is 17.9 Å². The molecule has 1 aliphatic rings. The number of nitrogens with one attached hydrogen (secondary N) is 1. The van der Waals surface area contributed by atoms with E-state index in [2.05, 4.69) is 29.3 Å². The van der Waals surface area contributed by atoms with Gasteiger partial charge in [-0.3, -0.25) is 9.69 Å². The van der Waals surface area contributed by atoms with Crippen LogP contribution < -0.4 is 5.32 Å². The molecule has 0 spiro atoms. The van der Waals surface area contributed by atoms with Gasteiger partial charge < -0.3 is 14.6 Å². The summed E-state index contributed by atoms with van der Waals surface area (Å²) < 4.78 is 10.8. The van der Waals surface area contributed by atoms with Crippen molar-refractivity contribution in [1.29, 1.82) is 0 Å². The molecule has 0 bridgehead atoms. The fraction of sp³-hybridized carbons (Fsp3) is 0.800. The predicted molar refractivity (Wildman–Crippen MR) is 81.4 cm³/mol. The Kier molecular flexibility index (Phi) is 5.90. The minimum atomic E-state index is -0.130. The Morgan fingerprint density at radius 2 is 2.18 bits per heavy atom. The van der Waals surface area contributed by atoms with E-state index in [0.717, 1.165) is 0 Å². The molecule has 0 radical (unpaired) electrons. The zero-order valence-corrected chi connectivity index (χ0v) is 13.8. The maximum Gasteiger partial charge on any atom is 0.234 e. The number of aromatic nitrogens is 2. The van der Waals surface area contributed by atoms with E-state index < -0.39 is 0 Å². The average molecular weight is 310 g/mol. The van der Waals surface area contributed by atoms with E-state index in [4.69, 9.17) is 9.26 Å². The monoisotopic (exact) mass is 310 g/mol. The summed E-state index contributed by atoms with van der Waals surface area (Å²) in [6, 6.07) is -0.130. The first kappa shape index (κ1) is 16.9. The lowest BCUT2D eigenvalue weighted by Crippen LogP contribution is -2.46. The van der Waals surface area contributed by atoms with Gasteiger partial charge in [-0.25, -0.2) is 0 Å². The van der Waals surface area contributed by atoms with Crippen molar-refractivity contribution in [2.45, 2.75) is 39.7 Å². The number of morpholine rings is 1. The number of amides is 1. The van der Waals surface area contributed by atoms with Crippen molar-refractivity contribution in [2.24, 2.45) is 5.92 Å². The van der Waals surface area contributed by atoms with E-state index >= 15 is 0 Å². The van der Waals surface area contributed by atoms with E-state index in [9.17, 15) is 4.79 Å². The minimum absolute atomic E-state index is 0.0215. The summed E-state index contributed by atoms with van der Waals surface area (Å²) in [4.78, 5) is 18.5. The SMILES string of the molecule is CC(C)CNC(=O)CN1CCOC[C@H]1c1noc(C(C)C)n1. The van der Waals surface area contributed by atoms with Gasteiger partial charge in [0.1, 0.15) is 0 Å². The van der Waals surface area contributed by atoms with Crippen molar-refractivity contribution in [3.05, 3.63) is 11.7 Å². The van der Waals surface area contributed by atoms with Crippen LogP contribution in [-0.4, -0.2) is 53.8 Å². The van der Waals surface area contributed by atoms with Crippen LogP contribution in [0.25, 0.3) is 0 Å². The van der Waals surface area contributed by atoms with Gasteiger partial charge in [-0.15, -0.1) is 0 Å². The normalized spacial score (nSPS) is 19.8. The van der Waals surface area contributed by atoms with E-state index in [1.54, 1.807) is 0 Å². The Morgan fingerprint density at radius 1 is 1.41 bits per heavy atom. The van der Waals surface area contributed by atoms with Crippen LogP contribution in [0.5, 0.6) is 0 Å². The molecule has 0 aromatic carbocycles. The molecular formula is C15H26N4O3. The van der Waals surface area contributed by atoms with E-state index in [0.29, 0.717) is 50.5 Å². The average Bonchev–Trinajstić information content (AvgIpc) is 2.95. The lowest BCUT2D eigenvalue weighted by atomic mass is 10.2. The Morgan fingerprint density at radius 3 is 2.82 bits per heavy atom. The summed E-state index contributed by atoms with van der Waals surface area (Å²) in [6.45, 7) is 11.0. The van der Waals surface area contributed by atoms with Gasteiger partial charge in [0, 0.05) is 19.0 Å². The van der Waals surface area contributed by atoms with Gasteiger partial charge >= 0.3 is 0 Å². The second kappa shape index (κ2) is 7.69. The molecule has 124 valence electrons. The summed E-state index contributed by atoms with van der Waals surface area (Å²) in [5.74, 6) is 1.86. The first-order valence-corrected chi connectivity index (χ1v) is 7.89. The number of hydrogen-bond acceptors (Lipinski definition) is 6. The molecule has 0 saturated carbocycles. The highest BCUT2D eigenvalue weighted by molar-refractivity contribution is 5.78. The molecule has 0 unspecified atom stereocenters. The third-order valence-electron chi connectivity index (χ3n) is 3.54. The van der Waals surface area contributed by atoms with Crippen LogP contribution in [0.4, 0.5) is 0 Å². The third kappa shape index (κ3) is 4.51. The third-order valence-corrected chi connectivity index (χ3v) is 3.54. The Labute approximate surface area is 131 Å². The Bertz CT molecular complexity index is 487. The minimum Gasteiger partial charge on any atom is -0.378 e. The number of ether oxygens (including phenoxy) is 1. The van der Waals surface area contributed by atoms with Gasteiger partial charge in [0.2, 0.25) is 11.8 Å². The summed E-state index contributed by atoms with van der Waals surface area (Å²) in [5.41, 5.74) is 0. The zero-order chi connectivity index (χ0) is 16.1. The standard InChI is InChI=1S/C15H26N4O3/c1-10(2)7-16-13(20)8-19-5-6-21-9-12(19)14-17-15(11(3)4)22-18-14/h10-12H,5-9H2,1-4H3,(H,16,20)/t12-/m0/s1. The molecule has 22 heavy (non-hydrogen) atoms. The first-order chi connectivity index (χ1) is 10.5. The number of carbonyl (C=O) groups is 1. The van der Waals surface area contributed by atoms with Crippen LogP contribution >= 0.6 is 0 Å². The van der Waals surface area contributed by atoms with Crippen LogP contribution in [0.1, 0.15) is 51.4 Å². The summed E-state index contributed by atoms with van der Waals surface area (Å²) in [7, 11) is 0. The molecule has 1 atom stereocenters. The highest BCUT2D eigenvalue weighted by atomic mass is 16.5. The van der Waals surface area contributed by atoms with Crippen LogP contribution in [-0.2, 0) is 9.53 Å². The molecule has 1 aliphatic heterocycles. The molecule has 7 heteroatoms. The summed E-state index contributed by atoms with van der Waals surface area (Å²) in [5, 5.41) is 6.99. The second-order valence-corrected chi connectivity index (χ2v) is 6.40. The molecule has 1 saturated heterocycles. The molecule has 0 aliphatic carbocycles. The largest absolute Gasteiger partial charge is 0.378 e. The van der Waals surface area contributed by atoms with Crippen molar-refractivity contribution in [3.63, 3.8) is 0 Å². The molecule has 1 amide bonds. The van der Waals surface area contributed by atoms with Crippen molar-refractivity contribution < 1.29 is 14.1 Å². The highest BCUT2D eigenvalue weighted by Crippen LogP contribution is 2.23. The summed E-state index contributed by atoms with van der Waals surface area (Å²) >= 11 is 0. The number of carbonyl (C=O) groups excluding carboxylic acids is 1. The fourth-order valence-corrected chi connectivity index (χ4v) is 2.24. The maximum atomic E-state index is 12.0. The molecular weight excluding hydrogens is 284 g/mol. The van der Waals surface area contributed by atoms with Crippen LogP contribution in [0, 0.1) is 5.92 Å². The van der Waals surface area contributed by atoms with Crippen LogP contribution in [0.2, 0.25) is 0 Å². The predicted octanol–water partition coefficient (Wildman–Crippen LogP) is 1.34. The van der Waals surface area contributed by atoms with E-state index in [1.807, 2.05) is 18.7 Å². The van der Waals surface area contributed by atoms with Gasteiger partial charge in [0.15, 0.2) is 5.82 Å². The molecule has 1 N–H and O–H groups in total. The topological polar surface area (TPSA) is 80.5 Å². The van der Waals surface area contributed by atoms with Crippen molar-refractivity contribution >= 4 is 5.91 Å². The lowest BCUT2D eigenvalue weighted by molar-refractivity contribution is -0.125. The zero-order valence-electron chi connectivity index (χ0n) is 13.8.